The second-order valence-electron chi connectivity index (χ2n) is 6.92. The molecule has 132 valence electrons. The summed E-state index contributed by atoms with van der Waals surface area (Å²) in [4.78, 5) is 25.2. The van der Waals surface area contributed by atoms with Crippen LogP contribution in [0.5, 0.6) is 0 Å². The van der Waals surface area contributed by atoms with Gasteiger partial charge in [-0.15, -0.1) is 5.10 Å². The zero-order valence-corrected chi connectivity index (χ0v) is 15.0. The van der Waals surface area contributed by atoms with Crippen LogP contribution in [0.4, 0.5) is 0 Å². The summed E-state index contributed by atoms with van der Waals surface area (Å²) in [6, 6.07) is 2.04. The summed E-state index contributed by atoms with van der Waals surface area (Å²) in [5.41, 5.74) is 2.89. The van der Waals surface area contributed by atoms with Crippen molar-refractivity contribution in [3.05, 3.63) is 38.2 Å². The van der Waals surface area contributed by atoms with Crippen molar-refractivity contribution in [2.45, 2.75) is 64.0 Å². The molecule has 0 spiro atoms. The number of amides is 1. The van der Waals surface area contributed by atoms with Gasteiger partial charge in [-0.2, -0.15) is 5.10 Å². The zero-order chi connectivity index (χ0) is 17.4. The van der Waals surface area contributed by atoms with Crippen molar-refractivity contribution in [2.24, 2.45) is 0 Å². The van der Waals surface area contributed by atoms with E-state index in [0.29, 0.717) is 10.6 Å². The molecule has 0 atom stereocenters. The highest BCUT2D eigenvalue weighted by atomic mass is 32.1. The van der Waals surface area contributed by atoms with Crippen LogP contribution in [0.15, 0.2) is 10.9 Å². The monoisotopic (exact) mass is 359 g/mol. The first kappa shape index (κ1) is 16.4. The number of rotatable bonds is 3. The van der Waals surface area contributed by atoms with Crippen LogP contribution in [0.1, 0.15) is 64.8 Å². The molecule has 8 heteroatoms. The van der Waals surface area contributed by atoms with Crippen LogP contribution >= 0.6 is 11.5 Å². The lowest BCUT2D eigenvalue weighted by Crippen LogP contribution is -2.39. The Balaban J connectivity index is 1.40. The van der Waals surface area contributed by atoms with Crippen LogP contribution in [-0.2, 0) is 12.8 Å². The van der Waals surface area contributed by atoms with E-state index in [9.17, 15) is 9.59 Å². The molecule has 0 aromatic carbocycles. The van der Waals surface area contributed by atoms with Gasteiger partial charge in [-0.3, -0.25) is 9.59 Å². The SMILES string of the molecule is Cc1nnsc1C(=O)NC1CCC(n2nc3c(cc2=O)CCC3)CC1. The zero-order valence-electron chi connectivity index (χ0n) is 14.2. The normalized spacial score (nSPS) is 22.6. The molecule has 2 heterocycles. The number of fused-ring (bicyclic) bond motifs is 1. The lowest BCUT2D eigenvalue weighted by molar-refractivity contribution is 0.0924. The molecule has 25 heavy (non-hydrogen) atoms. The Kier molecular flexibility index (Phi) is 4.37. The van der Waals surface area contributed by atoms with Gasteiger partial charge in [-0.25, -0.2) is 4.68 Å². The topological polar surface area (TPSA) is 89.8 Å². The van der Waals surface area contributed by atoms with Crippen LogP contribution in [0.3, 0.4) is 0 Å². The molecule has 1 fully saturated rings. The molecule has 0 unspecified atom stereocenters. The Morgan fingerprint density at radius 2 is 2.08 bits per heavy atom. The Hall–Kier alpha value is -2.09. The third-order valence-corrected chi connectivity index (χ3v) is 6.04. The summed E-state index contributed by atoms with van der Waals surface area (Å²) >= 11 is 1.13. The van der Waals surface area contributed by atoms with E-state index in [1.807, 2.05) is 0 Å². The number of carbonyl (C=O) groups excluding carboxylic acids is 1. The highest BCUT2D eigenvalue weighted by Gasteiger charge is 2.27. The average Bonchev–Trinajstić information content (AvgIpc) is 3.23. The molecule has 2 aliphatic rings. The van der Waals surface area contributed by atoms with E-state index >= 15 is 0 Å². The van der Waals surface area contributed by atoms with Gasteiger partial charge in [-0.05, 0) is 69.0 Å². The Bertz CT molecular complexity index is 851. The van der Waals surface area contributed by atoms with Gasteiger partial charge >= 0.3 is 0 Å². The van der Waals surface area contributed by atoms with E-state index in [2.05, 4.69) is 20.0 Å². The first-order valence-electron chi connectivity index (χ1n) is 8.83. The second-order valence-corrected chi connectivity index (χ2v) is 7.67. The predicted molar refractivity (Wildman–Crippen MR) is 93.9 cm³/mol. The fourth-order valence-electron chi connectivity index (χ4n) is 3.83. The Labute approximate surface area is 149 Å². The molecule has 2 aromatic rings. The van der Waals surface area contributed by atoms with Crippen LogP contribution in [-0.4, -0.2) is 31.3 Å². The third kappa shape index (κ3) is 3.22. The van der Waals surface area contributed by atoms with Gasteiger partial charge in [0, 0.05) is 12.1 Å². The minimum atomic E-state index is -0.0937. The number of aryl methyl sites for hydroxylation is 3. The number of aromatic nitrogens is 4. The van der Waals surface area contributed by atoms with Crippen LogP contribution in [0.2, 0.25) is 0 Å². The van der Waals surface area contributed by atoms with Crippen molar-refractivity contribution in [3.63, 3.8) is 0 Å². The fraction of sp³-hybridized carbons (Fsp3) is 0.588. The minimum absolute atomic E-state index is 0.0134. The molecule has 1 N–H and O–H groups in total. The summed E-state index contributed by atoms with van der Waals surface area (Å²) in [7, 11) is 0. The molecule has 0 radical (unpaired) electrons. The number of nitrogens with zero attached hydrogens (tertiary/aromatic N) is 4. The van der Waals surface area contributed by atoms with Gasteiger partial charge in [0.15, 0.2) is 0 Å². The van der Waals surface area contributed by atoms with E-state index in [0.717, 1.165) is 67.7 Å². The van der Waals surface area contributed by atoms with Crippen molar-refractivity contribution in [1.29, 1.82) is 0 Å². The lowest BCUT2D eigenvalue weighted by Gasteiger charge is -2.29. The molecule has 0 aliphatic heterocycles. The molecule has 0 saturated heterocycles. The van der Waals surface area contributed by atoms with Crippen molar-refractivity contribution in [1.82, 2.24) is 24.7 Å². The highest BCUT2D eigenvalue weighted by Crippen LogP contribution is 2.28. The van der Waals surface area contributed by atoms with Gasteiger partial charge in [0.1, 0.15) is 4.88 Å². The van der Waals surface area contributed by atoms with Crippen LogP contribution in [0.25, 0.3) is 0 Å². The van der Waals surface area contributed by atoms with E-state index in [1.165, 1.54) is 0 Å². The number of hydrogen-bond donors (Lipinski definition) is 1. The molecular weight excluding hydrogens is 338 g/mol. The fourth-order valence-corrected chi connectivity index (χ4v) is 4.39. The molecule has 0 bridgehead atoms. The van der Waals surface area contributed by atoms with Crippen LogP contribution in [0, 0.1) is 6.92 Å². The van der Waals surface area contributed by atoms with Gasteiger partial charge < -0.3 is 5.32 Å². The molecule has 2 aromatic heterocycles. The maximum Gasteiger partial charge on any atom is 0.267 e. The van der Waals surface area contributed by atoms with Gasteiger partial charge in [0.2, 0.25) is 0 Å². The van der Waals surface area contributed by atoms with E-state index < -0.39 is 0 Å². The molecule has 4 rings (SSSR count). The van der Waals surface area contributed by atoms with Crippen molar-refractivity contribution >= 4 is 17.4 Å². The average molecular weight is 359 g/mol. The largest absolute Gasteiger partial charge is 0.348 e. The summed E-state index contributed by atoms with van der Waals surface area (Å²) in [6.07, 6.45) is 6.47. The third-order valence-electron chi connectivity index (χ3n) is 5.22. The van der Waals surface area contributed by atoms with Gasteiger partial charge in [0.05, 0.1) is 17.4 Å². The number of hydrogen-bond acceptors (Lipinski definition) is 6. The maximum atomic E-state index is 12.3. The number of carbonyl (C=O) groups is 1. The molecule has 1 amide bonds. The predicted octanol–water partition coefficient (Wildman–Crippen LogP) is 1.81. The van der Waals surface area contributed by atoms with E-state index in [1.54, 1.807) is 17.7 Å². The van der Waals surface area contributed by atoms with Crippen molar-refractivity contribution in [2.75, 3.05) is 0 Å². The van der Waals surface area contributed by atoms with Crippen LogP contribution < -0.4 is 10.9 Å². The molecular formula is C17H21N5O2S. The summed E-state index contributed by atoms with van der Waals surface area (Å²) in [6.45, 7) is 1.79. The first-order chi connectivity index (χ1) is 12.1. The standard InChI is InChI=1S/C17H21N5O2S/c1-10-16(25-21-19-10)17(24)18-12-5-7-13(8-6-12)22-15(23)9-11-3-2-4-14(11)20-22/h9,12-13H,2-8H2,1H3,(H,18,24). The van der Waals surface area contributed by atoms with Crippen molar-refractivity contribution < 1.29 is 4.79 Å². The Morgan fingerprint density at radius 3 is 2.80 bits per heavy atom. The summed E-state index contributed by atoms with van der Waals surface area (Å²) < 4.78 is 5.49. The van der Waals surface area contributed by atoms with Gasteiger partial charge in [-0.1, -0.05) is 4.49 Å². The van der Waals surface area contributed by atoms with E-state index in [-0.39, 0.29) is 23.6 Å². The highest BCUT2D eigenvalue weighted by molar-refractivity contribution is 7.08. The smallest absolute Gasteiger partial charge is 0.267 e. The first-order valence-corrected chi connectivity index (χ1v) is 9.60. The van der Waals surface area contributed by atoms with Crippen molar-refractivity contribution in [3.8, 4) is 0 Å². The van der Waals surface area contributed by atoms with Gasteiger partial charge in [0.25, 0.3) is 11.5 Å². The minimum Gasteiger partial charge on any atom is -0.348 e. The molecule has 1 saturated carbocycles. The maximum absolute atomic E-state index is 12.3. The molecule has 7 nitrogen and oxygen atoms in total. The second kappa shape index (κ2) is 6.67. The summed E-state index contributed by atoms with van der Waals surface area (Å²) in [5, 5.41) is 11.6. The molecule has 2 aliphatic carbocycles. The lowest BCUT2D eigenvalue weighted by atomic mass is 9.91. The van der Waals surface area contributed by atoms with E-state index in [4.69, 9.17) is 0 Å². The summed E-state index contributed by atoms with van der Waals surface area (Å²) in [5.74, 6) is -0.0937. The Morgan fingerprint density at radius 1 is 1.28 bits per heavy atom. The number of nitrogens with one attached hydrogen (secondary N) is 1. The quantitative estimate of drug-likeness (QED) is 0.903.